The number of aromatic nitrogens is 3. The molecule has 0 aliphatic heterocycles. The molecule has 8 heteroatoms. The van der Waals surface area contributed by atoms with E-state index in [-0.39, 0.29) is 0 Å². The van der Waals surface area contributed by atoms with Crippen LogP contribution >= 0.6 is 39.0 Å². The maximum absolute atomic E-state index is 5.75. The van der Waals surface area contributed by atoms with Crippen molar-refractivity contribution in [2.75, 3.05) is 7.11 Å². The first-order valence-electron chi connectivity index (χ1n) is 8.02. The second kappa shape index (κ2) is 8.24. The first kappa shape index (κ1) is 18.2. The van der Waals surface area contributed by atoms with Gasteiger partial charge < -0.3 is 9.15 Å². The number of ether oxygens (including phenoxy) is 1. The van der Waals surface area contributed by atoms with E-state index >= 15 is 0 Å². The molecule has 0 spiro atoms. The van der Waals surface area contributed by atoms with Crippen molar-refractivity contribution in [3.8, 4) is 27.8 Å². The molecule has 0 N–H and O–H groups in total. The molecular formula is C19H14BrN3O2S2. The Morgan fingerprint density at radius 3 is 2.81 bits per heavy atom. The zero-order valence-electron chi connectivity index (χ0n) is 14.3. The Hall–Kier alpha value is -2.16. The third kappa shape index (κ3) is 4.40. The zero-order valence-corrected chi connectivity index (χ0v) is 17.5. The highest BCUT2D eigenvalue weighted by Gasteiger charge is 2.11. The summed E-state index contributed by atoms with van der Waals surface area (Å²) in [6.45, 7) is 0. The maximum Gasteiger partial charge on any atom is 0.277 e. The summed E-state index contributed by atoms with van der Waals surface area (Å²) in [7, 11) is 1.66. The van der Waals surface area contributed by atoms with Crippen LogP contribution in [0.15, 0.2) is 68.0 Å². The summed E-state index contributed by atoms with van der Waals surface area (Å²) in [6, 6.07) is 15.7. The molecule has 0 aliphatic carbocycles. The van der Waals surface area contributed by atoms with Gasteiger partial charge in [0.05, 0.1) is 12.8 Å². The minimum atomic E-state index is 0.508. The zero-order chi connectivity index (χ0) is 18.6. The molecule has 0 bridgehead atoms. The first-order valence-corrected chi connectivity index (χ1v) is 10.7. The van der Waals surface area contributed by atoms with Crippen molar-refractivity contribution in [3.63, 3.8) is 0 Å². The molecule has 27 heavy (non-hydrogen) atoms. The van der Waals surface area contributed by atoms with Gasteiger partial charge in [0.15, 0.2) is 0 Å². The molecule has 0 atom stereocenters. The van der Waals surface area contributed by atoms with Crippen molar-refractivity contribution < 1.29 is 9.15 Å². The highest BCUT2D eigenvalue weighted by atomic mass is 79.9. The Bertz CT molecular complexity index is 1060. The second-order valence-corrected chi connectivity index (χ2v) is 8.25. The Morgan fingerprint density at radius 2 is 1.96 bits per heavy atom. The van der Waals surface area contributed by atoms with E-state index in [1.54, 1.807) is 18.4 Å². The Kier molecular flexibility index (Phi) is 5.56. The largest absolute Gasteiger partial charge is 0.497 e. The first-order chi connectivity index (χ1) is 13.2. The van der Waals surface area contributed by atoms with Gasteiger partial charge in [-0.05, 0) is 30.3 Å². The van der Waals surface area contributed by atoms with Crippen LogP contribution in [0.25, 0.3) is 22.0 Å². The van der Waals surface area contributed by atoms with Gasteiger partial charge >= 0.3 is 0 Å². The summed E-state index contributed by atoms with van der Waals surface area (Å²) >= 11 is 6.53. The van der Waals surface area contributed by atoms with Crippen molar-refractivity contribution in [1.82, 2.24) is 15.2 Å². The Labute approximate surface area is 172 Å². The third-order valence-corrected chi connectivity index (χ3v) is 5.98. The summed E-state index contributed by atoms with van der Waals surface area (Å²) in [5.41, 5.74) is 2.91. The van der Waals surface area contributed by atoms with Crippen molar-refractivity contribution in [3.05, 3.63) is 64.1 Å². The number of rotatable bonds is 6. The molecule has 2 heterocycles. The van der Waals surface area contributed by atoms with E-state index in [9.17, 15) is 0 Å². The number of halogens is 1. The normalized spacial score (nSPS) is 10.9. The van der Waals surface area contributed by atoms with Crippen LogP contribution in [0.1, 0.15) is 5.69 Å². The van der Waals surface area contributed by atoms with Crippen LogP contribution in [0.5, 0.6) is 5.75 Å². The molecule has 5 nitrogen and oxygen atoms in total. The maximum atomic E-state index is 5.75. The number of methoxy groups -OCH3 is 1. The predicted octanol–water partition coefficient (Wildman–Crippen LogP) is 5.92. The lowest BCUT2D eigenvalue weighted by molar-refractivity contribution is 0.415. The average molecular weight is 460 g/mol. The molecule has 2 aromatic carbocycles. The lowest BCUT2D eigenvalue weighted by atomic mass is 10.2. The highest BCUT2D eigenvalue weighted by molar-refractivity contribution is 9.10. The van der Waals surface area contributed by atoms with Gasteiger partial charge in [-0.2, -0.15) is 0 Å². The summed E-state index contributed by atoms with van der Waals surface area (Å²) in [6.07, 6.45) is 0. The quantitative estimate of drug-likeness (QED) is 0.333. The fourth-order valence-corrected chi connectivity index (χ4v) is 4.38. The van der Waals surface area contributed by atoms with Crippen molar-refractivity contribution in [1.29, 1.82) is 0 Å². The molecule has 0 saturated carbocycles. The molecule has 0 unspecified atom stereocenters. The van der Waals surface area contributed by atoms with E-state index in [2.05, 4.69) is 26.1 Å². The molecule has 4 rings (SSSR count). The van der Waals surface area contributed by atoms with Crippen LogP contribution in [0.4, 0.5) is 0 Å². The fraction of sp³-hybridized carbons (Fsp3) is 0.105. The fourth-order valence-electron chi connectivity index (χ4n) is 2.40. The second-order valence-electron chi connectivity index (χ2n) is 5.55. The van der Waals surface area contributed by atoms with E-state index in [0.29, 0.717) is 16.9 Å². The number of thioether (sulfide) groups is 1. The number of benzene rings is 2. The van der Waals surface area contributed by atoms with Crippen LogP contribution < -0.4 is 4.74 Å². The summed E-state index contributed by atoms with van der Waals surface area (Å²) in [4.78, 5) is 4.69. The molecule has 0 aliphatic rings. The van der Waals surface area contributed by atoms with E-state index in [0.717, 1.165) is 32.1 Å². The van der Waals surface area contributed by atoms with Gasteiger partial charge in [-0.25, -0.2) is 4.98 Å². The van der Waals surface area contributed by atoms with Gasteiger partial charge in [-0.1, -0.05) is 45.9 Å². The Balaban J connectivity index is 1.43. The number of nitrogens with zero attached hydrogens (tertiary/aromatic N) is 3. The molecule has 2 aromatic heterocycles. The van der Waals surface area contributed by atoms with Gasteiger partial charge in [0, 0.05) is 26.7 Å². The smallest absolute Gasteiger partial charge is 0.277 e. The standard InChI is InChI=1S/C19H14BrN3O2S2/c1-24-16-7-3-5-13(9-16)18-21-15(10-26-18)11-27-19-23-22-17(25-19)12-4-2-6-14(20)8-12/h2-10H,11H2,1H3. The lowest BCUT2D eigenvalue weighted by Crippen LogP contribution is -1.85. The van der Waals surface area contributed by atoms with Crippen LogP contribution in [0, 0.1) is 0 Å². The SMILES string of the molecule is COc1cccc(-c2nc(CSc3nnc(-c4cccc(Br)c4)o3)cs2)c1. The molecule has 0 radical (unpaired) electrons. The highest BCUT2D eigenvalue weighted by Crippen LogP contribution is 2.30. The van der Waals surface area contributed by atoms with E-state index in [4.69, 9.17) is 14.1 Å². The lowest BCUT2D eigenvalue weighted by Gasteiger charge is -2.01. The Morgan fingerprint density at radius 1 is 1.11 bits per heavy atom. The summed E-state index contributed by atoms with van der Waals surface area (Å²) < 4.78 is 12.0. The molecule has 136 valence electrons. The van der Waals surface area contributed by atoms with Crippen LogP contribution in [0.2, 0.25) is 0 Å². The number of hydrogen-bond donors (Lipinski definition) is 0. The summed E-state index contributed by atoms with van der Waals surface area (Å²) in [5, 5.41) is 11.8. The van der Waals surface area contributed by atoms with E-state index < -0.39 is 0 Å². The van der Waals surface area contributed by atoms with Crippen molar-refractivity contribution in [2.24, 2.45) is 0 Å². The molecule has 4 aromatic rings. The average Bonchev–Trinajstić information content (AvgIpc) is 3.36. The van der Waals surface area contributed by atoms with Gasteiger partial charge in [-0.3, -0.25) is 0 Å². The molecule has 0 saturated heterocycles. The molecule has 0 fully saturated rings. The van der Waals surface area contributed by atoms with Crippen LogP contribution in [-0.2, 0) is 5.75 Å². The van der Waals surface area contributed by atoms with E-state index in [1.165, 1.54) is 11.8 Å². The van der Waals surface area contributed by atoms with Crippen LogP contribution in [-0.4, -0.2) is 22.3 Å². The van der Waals surface area contributed by atoms with E-state index in [1.807, 2.05) is 53.9 Å². The molecule has 0 amide bonds. The van der Waals surface area contributed by atoms with Crippen molar-refractivity contribution >= 4 is 39.0 Å². The van der Waals surface area contributed by atoms with Gasteiger partial charge in [0.1, 0.15) is 10.8 Å². The van der Waals surface area contributed by atoms with Gasteiger partial charge in [0.25, 0.3) is 5.22 Å². The molecular weight excluding hydrogens is 446 g/mol. The van der Waals surface area contributed by atoms with Gasteiger partial charge in [-0.15, -0.1) is 21.5 Å². The minimum absolute atomic E-state index is 0.508. The number of thiazole rings is 1. The number of hydrogen-bond acceptors (Lipinski definition) is 7. The third-order valence-electron chi connectivity index (χ3n) is 3.69. The minimum Gasteiger partial charge on any atom is -0.497 e. The summed E-state index contributed by atoms with van der Waals surface area (Å²) in [5.74, 6) is 2.00. The van der Waals surface area contributed by atoms with Crippen molar-refractivity contribution in [2.45, 2.75) is 11.0 Å². The predicted molar refractivity (Wildman–Crippen MR) is 111 cm³/mol. The monoisotopic (exact) mass is 459 g/mol. The van der Waals surface area contributed by atoms with Gasteiger partial charge in [0.2, 0.25) is 5.89 Å². The van der Waals surface area contributed by atoms with Crippen LogP contribution in [0.3, 0.4) is 0 Å². The topological polar surface area (TPSA) is 61.0 Å².